The monoisotopic (exact) mass is 617 g/mol. The van der Waals surface area contributed by atoms with Crippen LogP contribution in [0.5, 0.6) is 0 Å². The van der Waals surface area contributed by atoms with Crippen molar-refractivity contribution in [1.82, 2.24) is 9.78 Å². The Morgan fingerprint density at radius 3 is 2.31 bits per heavy atom. The Kier molecular flexibility index (Phi) is 10.2. The number of amides is 1. The molecule has 3 N–H and O–H groups in total. The van der Waals surface area contributed by atoms with Crippen molar-refractivity contribution >= 4 is 49.0 Å². The number of aryl methyl sites for hydroxylation is 2. The molecule has 2 aromatic carbocycles. The van der Waals surface area contributed by atoms with Crippen LogP contribution in [0.4, 0.5) is 22.9 Å². The second-order valence-electron chi connectivity index (χ2n) is 9.44. The van der Waals surface area contributed by atoms with Crippen LogP contribution in [0, 0.1) is 25.2 Å². The van der Waals surface area contributed by atoms with Crippen LogP contribution in [0.1, 0.15) is 43.4 Å². The summed E-state index contributed by atoms with van der Waals surface area (Å²) in [5.41, 5.74) is 2.80. The van der Waals surface area contributed by atoms with Crippen molar-refractivity contribution in [3.05, 3.63) is 53.2 Å². The lowest BCUT2D eigenvalue weighted by Crippen LogP contribution is -2.24. The quantitative estimate of drug-likeness (QED) is 0.147. The Balaban J connectivity index is 2.00. The molecule has 3 rings (SSSR count). The van der Waals surface area contributed by atoms with Gasteiger partial charge in [-0.2, -0.15) is 27.2 Å². The fourth-order valence-corrected chi connectivity index (χ4v) is 5.56. The number of carbonyl (C=O) groups excluding carboxylic acids is 1. The average molecular weight is 618 g/mol. The molecule has 14 nitrogen and oxygen atoms in total. The lowest BCUT2D eigenvalue weighted by atomic mass is 10.1. The van der Waals surface area contributed by atoms with Crippen molar-refractivity contribution < 1.29 is 30.7 Å². The summed E-state index contributed by atoms with van der Waals surface area (Å²) in [6, 6.07) is 9.66. The van der Waals surface area contributed by atoms with Gasteiger partial charge in [0.25, 0.3) is 20.2 Å². The number of hydrogen-bond donors (Lipinski definition) is 3. The molecule has 0 aliphatic rings. The lowest BCUT2D eigenvalue weighted by molar-refractivity contribution is -0.114. The molecular formula is C26H31N7O7S2. The van der Waals surface area contributed by atoms with E-state index in [1.807, 2.05) is 17.9 Å². The molecular weight excluding hydrogens is 586 g/mol. The SMILES string of the molecule is CCN(CCCCS(=O)(=O)O)c1ccc(N=Nc2c(C#N)cnn2-c2c(C)cc(S(=O)(=O)O)cc2C)c(NC(C)=O)c1. The van der Waals surface area contributed by atoms with E-state index in [9.17, 15) is 31.4 Å². The molecule has 224 valence electrons. The molecule has 1 aromatic heterocycles. The Bertz CT molecular complexity index is 1750. The van der Waals surface area contributed by atoms with E-state index in [0.717, 1.165) is 5.69 Å². The first-order valence-electron chi connectivity index (χ1n) is 12.7. The first kappa shape index (κ1) is 32.3. The summed E-state index contributed by atoms with van der Waals surface area (Å²) in [5.74, 6) is -0.616. The van der Waals surface area contributed by atoms with E-state index in [2.05, 4.69) is 20.6 Å². The fourth-order valence-electron chi connectivity index (χ4n) is 4.34. The number of aromatic nitrogens is 2. The number of nitriles is 1. The van der Waals surface area contributed by atoms with Crippen LogP contribution in [-0.2, 0) is 25.0 Å². The van der Waals surface area contributed by atoms with Gasteiger partial charge in [-0.1, -0.05) is 0 Å². The van der Waals surface area contributed by atoms with Crippen molar-refractivity contribution in [1.29, 1.82) is 5.26 Å². The molecule has 16 heteroatoms. The zero-order valence-electron chi connectivity index (χ0n) is 23.4. The van der Waals surface area contributed by atoms with Gasteiger partial charge in [-0.15, -0.1) is 10.2 Å². The van der Waals surface area contributed by atoms with Gasteiger partial charge in [-0.3, -0.25) is 13.9 Å². The maximum Gasteiger partial charge on any atom is 0.294 e. The molecule has 0 atom stereocenters. The Morgan fingerprint density at radius 2 is 1.76 bits per heavy atom. The number of unbranched alkanes of at least 4 members (excludes halogenated alkanes) is 1. The van der Waals surface area contributed by atoms with Gasteiger partial charge < -0.3 is 10.2 Å². The van der Waals surface area contributed by atoms with Gasteiger partial charge in [0.1, 0.15) is 17.3 Å². The number of azo groups is 1. The lowest BCUT2D eigenvalue weighted by Gasteiger charge is -2.24. The number of anilines is 2. The largest absolute Gasteiger partial charge is 0.372 e. The van der Waals surface area contributed by atoms with Crippen molar-refractivity contribution in [3.63, 3.8) is 0 Å². The molecule has 3 aromatic rings. The maximum absolute atomic E-state index is 12.0. The van der Waals surface area contributed by atoms with Gasteiger partial charge in [-0.05, 0) is 75.1 Å². The van der Waals surface area contributed by atoms with Crippen molar-refractivity contribution in [2.75, 3.05) is 29.1 Å². The molecule has 0 saturated heterocycles. The Labute approximate surface area is 244 Å². The predicted octanol–water partition coefficient (Wildman–Crippen LogP) is 4.48. The van der Waals surface area contributed by atoms with E-state index in [4.69, 9.17) is 4.55 Å². The van der Waals surface area contributed by atoms with Gasteiger partial charge >= 0.3 is 0 Å². The van der Waals surface area contributed by atoms with Crippen LogP contribution in [0.2, 0.25) is 0 Å². The molecule has 42 heavy (non-hydrogen) atoms. The smallest absolute Gasteiger partial charge is 0.294 e. The van der Waals surface area contributed by atoms with Gasteiger partial charge in [0, 0.05) is 25.7 Å². The summed E-state index contributed by atoms with van der Waals surface area (Å²) in [6.07, 6.45) is 2.09. The Hall–Kier alpha value is -4.17. The van der Waals surface area contributed by atoms with E-state index in [1.165, 1.54) is 29.9 Å². The molecule has 0 spiro atoms. The number of benzene rings is 2. The second kappa shape index (κ2) is 13.2. The second-order valence-corrected chi connectivity index (χ2v) is 12.4. The van der Waals surface area contributed by atoms with Crippen LogP contribution in [0.3, 0.4) is 0 Å². The van der Waals surface area contributed by atoms with E-state index >= 15 is 0 Å². The first-order chi connectivity index (χ1) is 19.6. The van der Waals surface area contributed by atoms with Crippen LogP contribution in [0.15, 0.2) is 51.7 Å². The highest BCUT2D eigenvalue weighted by molar-refractivity contribution is 7.86. The molecule has 0 aliphatic carbocycles. The summed E-state index contributed by atoms with van der Waals surface area (Å²) in [4.78, 5) is 13.7. The topological polar surface area (TPSA) is 207 Å². The number of rotatable bonds is 12. The first-order valence-corrected chi connectivity index (χ1v) is 15.8. The highest BCUT2D eigenvalue weighted by Crippen LogP contribution is 2.34. The minimum atomic E-state index is -4.44. The van der Waals surface area contributed by atoms with Crippen LogP contribution in [-0.4, -0.2) is 60.5 Å². The van der Waals surface area contributed by atoms with Gasteiger partial charge in [0.05, 0.1) is 28.2 Å². The number of nitrogens with zero attached hydrogens (tertiary/aromatic N) is 6. The maximum atomic E-state index is 12.0. The van der Waals surface area contributed by atoms with E-state index < -0.39 is 20.2 Å². The highest BCUT2D eigenvalue weighted by Gasteiger charge is 2.20. The van der Waals surface area contributed by atoms with Gasteiger partial charge in [0.15, 0.2) is 5.82 Å². The van der Waals surface area contributed by atoms with Crippen LogP contribution < -0.4 is 10.2 Å². The standard InChI is InChI=1S/C26H31N7O7S2/c1-5-32(10-6-7-11-41(35,36)37)21-8-9-23(24(14-21)29-19(4)34)30-31-26-20(15-27)16-28-33(26)25-17(2)12-22(13-18(25)3)42(38,39)40/h8-9,12-14,16H,5-7,10-11H2,1-4H3,(H,29,34)(H,35,36,37)(H,38,39,40). The summed E-state index contributed by atoms with van der Waals surface area (Å²) in [7, 11) is -8.47. The van der Waals surface area contributed by atoms with Crippen molar-refractivity contribution in [3.8, 4) is 11.8 Å². The van der Waals surface area contributed by atoms with Gasteiger partial charge in [0.2, 0.25) is 5.91 Å². The zero-order valence-corrected chi connectivity index (χ0v) is 25.1. The number of nitrogens with one attached hydrogen (secondary N) is 1. The third-order valence-corrected chi connectivity index (χ3v) is 7.85. The zero-order chi connectivity index (χ0) is 31.2. The van der Waals surface area contributed by atoms with E-state index in [0.29, 0.717) is 42.0 Å². The van der Waals surface area contributed by atoms with Gasteiger partial charge in [-0.25, -0.2) is 4.68 Å². The molecule has 1 heterocycles. The number of hydrogen-bond acceptors (Lipinski definition) is 10. The third-order valence-electron chi connectivity index (χ3n) is 6.21. The fraction of sp³-hybridized carbons (Fsp3) is 0.346. The van der Waals surface area contributed by atoms with Crippen LogP contribution >= 0.6 is 0 Å². The summed E-state index contributed by atoms with van der Waals surface area (Å²) < 4.78 is 65.1. The molecule has 0 radical (unpaired) electrons. The summed E-state index contributed by atoms with van der Waals surface area (Å²) in [6.45, 7) is 7.61. The van der Waals surface area contributed by atoms with Crippen molar-refractivity contribution in [2.24, 2.45) is 10.2 Å². The molecule has 1 amide bonds. The normalized spacial score (nSPS) is 11.9. The predicted molar refractivity (Wildman–Crippen MR) is 156 cm³/mol. The minimum Gasteiger partial charge on any atom is -0.372 e. The Morgan fingerprint density at radius 1 is 1.10 bits per heavy atom. The molecule has 0 bridgehead atoms. The highest BCUT2D eigenvalue weighted by atomic mass is 32.2. The molecule has 0 fully saturated rings. The summed E-state index contributed by atoms with van der Waals surface area (Å²) in [5, 5.41) is 25.2. The molecule has 0 saturated carbocycles. The number of carbonyl (C=O) groups is 1. The van der Waals surface area contributed by atoms with E-state index in [-0.39, 0.29) is 40.0 Å². The van der Waals surface area contributed by atoms with Crippen molar-refractivity contribution in [2.45, 2.75) is 45.4 Å². The summed E-state index contributed by atoms with van der Waals surface area (Å²) >= 11 is 0. The van der Waals surface area contributed by atoms with Crippen LogP contribution in [0.25, 0.3) is 5.69 Å². The van der Waals surface area contributed by atoms with E-state index in [1.54, 1.807) is 32.0 Å². The molecule has 0 unspecified atom stereocenters. The minimum absolute atomic E-state index is 0.0650. The third kappa shape index (κ3) is 8.19. The molecule has 0 aliphatic heterocycles. The average Bonchev–Trinajstić information content (AvgIpc) is 3.28.